The topological polar surface area (TPSA) is 55.9 Å². The minimum Gasteiger partial charge on any atom is -0.329 e. The monoisotopic (exact) mass is 210 g/mol. The first kappa shape index (κ1) is 12.2. The third-order valence-electron chi connectivity index (χ3n) is 2.38. The molecule has 1 heterocycles. The number of nitrogens with two attached hydrogens (primary N) is 1. The third-order valence-corrected chi connectivity index (χ3v) is 2.38. The van der Waals surface area contributed by atoms with Gasteiger partial charge in [-0.3, -0.25) is 4.68 Å². The maximum atomic E-state index is 5.73. The number of nitrogens with one attached hydrogen (secondary N) is 1. The van der Waals surface area contributed by atoms with E-state index in [1.165, 1.54) is 5.56 Å². The molecule has 3 N–H and O–H groups in total. The molecule has 0 aliphatic rings. The Hall–Kier alpha value is -0.870. The molecule has 0 saturated heterocycles. The van der Waals surface area contributed by atoms with E-state index in [-0.39, 0.29) is 6.04 Å². The molecule has 86 valence electrons. The third kappa shape index (κ3) is 3.64. The predicted octanol–water partition coefficient (Wildman–Crippen LogP) is 1.29. The molecule has 15 heavy (non-hydrogen) atoms. The smallest absolute Gasteiger partial charge is 0.0538 e. The van der Waals surface area contributed by atoms with E-state index >= 15 is 0 Å². The van der Waals surface area contributed by atoms with Gasteiger partial charge >= 0.3 is 0 Å². The van der Waals surface area contributed by atoms with E-state index in [1.54, 1.807) is 0 Å². The minimum atomic E-state index is 0.246. The van der Waals surface area contributed by atoms with Gasteiger partial charge in [-0.15, -0.1) is 0 Å². The molecular weight excluding hydrogens is 188 g/mol. The zero-order valence-corrected chi connectivity index (χ0v) is 9.74. The van der Waals surface area contributed by atoms with Gasteiger partial charge in [-0.2, -0.15) is 5.10 Å². The molecule has 1 rings (SSSR count). The first-order valence-electron chi connectivity index (χ1n) is 5.77. The summed E-state index contributed by atoms with van der Waals surface area (Å²) in [4.78, 5) is 0. The summed E-state index contributed by atoms with van der Waals surface area (Å²) in [5.41, 5.74) is 6.92. The second-order valence-corrected chi connectivity index (χ2v) is 3.78. The molecule has 0 aromatic carbocycles. The fraction of sp³-hybridized carbons (Fsp3) is 0.727. The molecule has 0 radical (unpaired) electrons. The number of nitrogens with zero attached hydrogens (tertiary/aromatic N) is 2. The molecule has 0 aliphatic heterocycles. The Labute approximate surface area is 91.8 Å². The van der Waals surface area contributed by atoms with Crippen molar-refractivity contribution in [1.82, 2.24) is 15.1 Å². The lowest BCUT2D eigenvalue weighted by Crippen LogP contribution is -2.28. The van der Waals surface area contributed by atoms with E-state index in [2.05, 4.69) is 30.5 Å². The molecule has 4 nitrogen and oxygen atoms in total. The first-order chi connectivity index (χ1) is 7.31. The molecule has 0 amide bonds. The summed E-state index contributed by atoms with van der Waals surface area (Å²) >= 11 is 0. The van der Waals surface area contributed by atoms with Crippen LogP contribution in [0, 0.1) is 0 Å². The van der Waals surface area contributed by atoms with Crippen molar-refractivity contribution in [2.24, 2.45) is 5.73 Å². The number of aromatic nitrogens is 2. The standard InChI is InChI=1S/C11H22N4/c1-3-5-13-11(7-12)10-8-14-15(9-10)6-4-2/h8-9,11,13H,3-7,12H2,1-2H3. The van der Waals surface area contributed by atoms with Gasteiger partial charge in [0.25, 0.3) is 0 Å². The van der Waals surface area contributed by atoms with Crippen molar-refractivity contribution in [2.45, 2.75) is 39.3 Å². The Morgan fingerprint density at radius 3 is 2.87 bits per heavy atom. The van der Waals surface area contributed by atoms with Crippen LogP contribution >= 0.6 is 0 Å². The van der Waals surface area contributed by atoms with Crippen molar-refractivity contribution < 1.29 is 0 Å². The molecule has 0 saturated carbocycles. The van der Waals surface area contributed by atoms with Gasteiger partial charge in [0, 0.05) is 30.9 Å². The summed E-state index contributed by atoms with van der Waals surface area (Å²) in [5.74, 6) is 0. The summed E-state index contributed by atoms with van der Waals surface area (Å²) in [6, 6.07) is 0.246. The lowest BCUT2D eigenvalue weighted by molar-refractivity contribution is 0.538. The highest BCUT2D eigenvalue weighted by Gasteiger charge is 2.10. The van der Waals surface area contributed by atoms with Gasteiger partial charge in [0.15, 0.2) is 0 Å². The van der Waals surface area contributed by atoms with Crippen molar-refractivity contribution in [1.29, 1.82) is 0 Å². The van der Waals surface area contributed by atoms with E-state index in [9.17, 15) is 0 Å². The van der Waals surface area contributed by atoms with Crippen LogP contribution in [-0.4, -0.2) is 22.9 Å². The van der Waals surface area contributed by atoms with Gasteiger partial charge in [0.05, 0.1) is 6.20 Å². The molecule has 1 atom stereocenters. The normalized spacial score (nSPS) is 13.0. The van der Waals surface area contributed by atoms with E-state index in [4.69, 9.17) is 5.73 Å². The highest BCUT2D eigenvalue weighted by atomic mass is 15.3. The van der Waals surface area contributed by atoms with Crippen molar-refractivity contribution in [3.05, 3.63) is 18.0 Å². The average molecular weight is 210 g/mol. The zero-order chi connectivity index (χ0) is 11.1. The van der Waals surface area contributed by atoms with Crippen molar-refractivity contribution in [3.8, 4) is 0 Å². The lowest BCUT2D eigenvalue weighted by Gasteiger charge is -2.14. The number of hydrogen-bond acceptors (Lipinski definition) is 3. The largest absolute Gasteiger partial charge is 0.329 e. The van der Waals surface area contributed by atoms with Crippen LogP contribution in [0.1, 0.15) is 38.3 Å². The number of hydrogen-bond donors (Lipinski definition) is 2. The van der Waals surface area contributed by atoms with Crippen molar-refractivity contribution in [2.75, 3.05) is 13.1 Å². The van der Waals surface area contributed by atoms with Gasteiger partial charge in [-0.05, 0) is 19.4 Å². The summed E-state index contributed by atoms with van der Waals surface area (Å²) in [6.45, 7) is 6.90. The molecule has 1 unspecified atom stereocenters. The maximum Gasteiger partial charge on any atom is 0.0538 e. The number of aryl methyl sites for hydroxylation is 1. The van der Waals surface area contributed by atoms with Gasteiger partial charge in [0.2, 0.25) is 0 Å². The van der Waals surface area contributed by atoms with E-state index < -0.39 is 0 Å². The molecule has 0 aliphatic carbocycles. The molecule has 0 fully saturated rings. The fourth-order valence-electron chi connectivity index (χ4n) is 1.57. The molecule has 1 aromatic heterocycles. The molecule has 0 bridgehead atoms. The Kier molecular flexibility index (Phi) is 5.36. The number of rotatable bonds is 7. The second-order valence-electron chi connectivity index (χ2n) is 3.78. The lowest BCUT2D eigenvalue weighted by atomic mass is 10.1. The maximum absolute atomic E-state index is 5.73. The molecule has 4 heteroatoms. The average Bonchev–Trinajstić information content (AvgIpc) is 2.68. The molecule has 1 aromatic rings. The van der Waals surface area contributed by atoms with Gasteiger partial charge < -0.3 is 11.1 Å². The quantitative estimate of drug-likeness (QED) is 0.713. The van der Waals surface area contributed by atoms with Gasteiger partial charge in [0.1, 0.15) is 0 Å². The first-order valence-corrected chi connectivity index (χ1v) is 5.77. The Morgan fingerprint density at radius 2 is 2.27 bits per heavy atom. The van der Waals surface area contributed by atoms with Crippen molar-refractivity contribution in [3.63, 3.8) is 0 Å². The van der Waals surface area contributed by atoms with Crippen LogP contribution < -0.4 is 11.1 Å². The zero-order valence-electron chi connectivity index (χ0n) is 9.74. The summed E-state index contributed by atoms with van der Waals surface area (Å²) in [5, 5.41) is 7.72. The minimum absolute atomic E-state index is 0.246. The van der Waals surface area contributed by atoms with Gasteiger partial charge in [-0.1, -0.05) is 13.8 Å². The Morgan fingerprint density at radius 1 is 1.47 bits per heavy atom. The highest BCUT2D eigenvalue weighted by molar-refractivity contribution is 5.10. The van der Waals surface area contributed by atoms with Crippen LogP contribution in [0.3, 0.4) is 0 Å². The van der Waals surface area contributed by atoms with Crippen LogP contribution in [0.2, 0.25) is 0 Å². The van der Waals surface area contributed by atoms with Crippen LogP contribution in [0.5, 0.6) is 0 Å². The van der Waals surface area contributed by atoms with Crippen LogP contribution in [0.4, 0.5) is 0 Å². The van der Waals surface area contributed by atoms with E-state index in [0.29, 0.717) is 6.54 Å². The van der Waals surface area contributed by atoms with E-state index in [1.807, 2.05) is 10.9 Å². The highest BCUT2D eigenvalue weighted by Crippen LogP contribution is 2.10. The summed E-state index contributed by atoms with van der Waals surface area (Å²) in [7, 11) is 0. The molecule has 0 spiro atoms. The fourth-order valence-corrected chi connectivity index (χ4v) is 1.57. The Balaban J connectivity index is 2.57. The SMILES string of the molecule is CCCNC(CN)c1cnn(CCC)c1. The van der Waals surface area contributed by atoms with E-state index in [0.717, 1.165) is 25.9 Å². The second kappa shape index (κ2) is 6.58. The van der Waals surface area contributed by atoms with Crippen LogP contribution in [-0.2, 0) is 6.54 Å². The van der Waals surface area contributed by atoms with Crippen LogP contribution in [0.25, 0.3) is 0 Å². The molecular formula is C11H22N4. The predicted molar refractivity (Wildman–Crippen MR) is 62.6 cm³/mol. The summed E-state index contributed by atoms with van der Waals surface area (Å²) in [6.07, 6.45) is 6.23. The Bertz CT molecular complexity index is 269. The summed E-state index contributed by atoms with van der Waals surface area (Å²) < 4.78 is 1.98. The van der Waals surface area contributed by atoms with Crippen molar-refractivity contribution >= 4 is 0 Å². The van der Waals surface area contributed by atoms with Gasteiger partial charge in [-0.25, -0.2) is 0 Å². The van der Waals surface area contributed by atoms with Crippen LogP contribution in [0.15, 0.2) is 12.4 Å².